The summed E-state index contributed by atoms with van der Waals surface area (Å²) in [7, 11) is 0. The number of hydrogen-bond acceptors (Lipinski definition) is 3. The molecule has 2 fully saturated rings. The molecule has 1 aromatic heterocycles. The molecule has 1 N–H and O–H groups in total. The molecule has 0 radical (unpaired) electrons. The molecule has 1 saturated carbocycles. The Kier molecular flexibility index (Phi) is 5.32. The molecule has 2 heterocycles. The largest absolute Gasteiger partial charge is 0.381 e. The van der Waals surface area contributed by atoms with Crippen LogP contribution in [0.3, 0.4) is 0 Å². The normalized spacial score (nSPS) is 20.5. The number of rotatable bonds is 6. The molecule has 0 amide bonds. The van der Waals surface area contributed by atoms with Crippen molar-refractivity contribution < 1.29 is 4.74 Å². The van der Waals surface area contributed by atoms with Gasteiger partial charge in [-0.05, 0) is 67.5 Å². The number of nitrogens with one attached hydrogen (secondary N) is 1. The van der Waals surface area contributed by atoms with Crippen LogP contribution >= 0.6 is 11.8 Å². The maximum Gasteiger partial charge on any atom is 0.251 e. The average molecular weight is 368 g/mol. The smallest absolute Gasteiger partial charge is 0.251 e. The zero-order valence-corrected chi connectivity index (χ0v) is 16.0. The zero-order valence-electron chi connectivity index (χ0n) is 15.2. The Morgan fingerprint density at radius 3 is 2.62 bits per heavy atom. The van der Waals surface area contributed by atoms with Crippen molar-refractivity contribution in [3.63, 3.8) is 0 Å². The zero-order chi connectivity index (χ0) is 17.9. The molecule has 136 valence electrons. The molecule has 26 heavy (non-hydrogen) atoms. The number of hydrogen-bond donors (Lipinski definition) is 1. The SMILES string of the molecule is CSc1ccc(/C(=C\CC2CCOC2)c2ccc(C3CC3)c(=O)[nH]2)cc1. The second-order valence-corrected chi connectivity index (χ2v) is 8.12. The predicted octanol–water partition coefficient (Wildman–Crippen LogP) is 4.83. The molecular weight excluding hydrogens is 342 g/mol. The van der Waals surface area contributed by atoms with Gasteiger partial charge in [0.2, 0.25) is 0 Å². The van der Waals surface area contributed by atoms with Crippen LogP contribution in [0.5, 0.6) is 0 Å². The lowest BCUT2D eigenvalue weighted by atomic mass is 9.96. The number of H-pyrrole nitrogens is 1. The number of benzene rings is 1. The highest BCUT2D eigenvalue weighted by Crippen LogP contribution is 2.38. The van der Waals surface area contributed by atoms with E-state index in [4.69, 9.17) is 4.74 Å². The topological polar surface area (TPSA) is 42.1 Å². The van der Waals surface area contributed by atoms with Crippen LogP contribution < -0.4 is 5.56 Å². The summed E-state index contributed by atoms with van der Waals surface area (Å²) in [6, 6.07) is 12.7. The lowest BCUT2D eigenvalue weighted by Gasteiger charge is -2.12. The molecule has 3 nitrogen and oxygen atoms in total. The van der Waals surface area contributed by atoms with Gasteiger partial charge in [-0.1, -0.05) is 24.3 Å². The van der Waals surface area contributed by atoms with Gasteiger partial charge in [0, 0.05) is 34.9 Å². The summed E-state index contributed by atoms with van der Waals surface area (Å²) in [6.45, 7) is 1.70. The van der Waals surface area contributed by atoms with E-state index >= 15 is 0 Å². The minimum absolute atomic E-state index is 0.0702. The molecule has 4 rings (SSSR count). The monoisotopic (exact) mass is 367 g/mol. The minimum Gasteiger partial charge on any atom is -0.381 e. The number of aromatic nitrogens is 1. The highest BCUT2D eigenvalue weighted by molar-refractivity contribution is 7.98. The quantitative estimate of drug-likeness (QED) is 0.744. The molecule has 1 unspecified atom stereocenters. The number of ether oxygens (including phenoxy) is 1. The summed E-state index contributed by atoms with van der Waals surface area (Å²) < 4.78 is 5.51. The van der Waals surface area contributed by atoms with E-state index in [2.05, 4.69) is 47.6 Å². The van der Waals surface area contributed by atoms with Crippen molar-refractivity contribution in [2.45, 2.75) is 36.5 Å². The first-order valence-corrected chi connectivity index (χ1v) is 10.6. The second kappa shape index (κ2) is 7.85. The van der Waals surface area contributed by atoms with Crippen LogP contribution in [-0.2, 0) is 4.74 Å². The minimum atomic E-state index is 0.0702. The third-order valence-electron chi connectivity index (χ3n) is 5.33. The van der Waals surface area contributed by atoms with Crippen LogP contribution in [-0.4, -0.2) is 24.5 Å². The lowest BCUT2D eigenvalue weighted by molar-refractivity contribution is 0.186. The van der Waals surface area contributed by atoms with Gasteiger partial charge in [-0.3, -0.25) is 4.79 Å². The van der Waals surface area contributed by atoms with E-state index in [1.54, 1.807) is 11.8 Å². The van der Waals surface area contributed by atoms with Crippen molar-refractivity contribution in [2.24, 2.45) is 5.92 Å². The highest BCUT2D eigenvalue weighted by atomic mass is 32.2. The summed E-state index contributed by atoms with van der Waals surface area (Å²) >= 11 is 1.74. The summed E-state index contributed by atoms with van der Waals surface area (Å²) in [5.41, 5.74) is 4.19. The molecule has 1 atom stereocenters. The molecule has 4 heteroatoms. The van der Waals surface area contributed by atoms with Crippen molar-refractivity contribution in [2.75, 3.05) is 19.5 Å². The van der Waals surface area contributed by atoms with Gasteiger partial charge < -0.3 is 9.72 Å². The van der Waals surface area contributed by atoms with Crippen LogP contribution in [0.4, 0.5) is 0 Å². The third kappa shape index (κ3) is 3.97. The van der Waals surface area contributed by atoms with Crippen LogP contribution in [0.1, 0.15) is 48.4 Å². The van der Waals surface area contributed by atoms with Gasteiger partial charge in [0.05, 0.1) is 0 Å². The summed E-state index contributed by atoms with van der Waals surface area (Å²) in [5.74, 6) is 1.05. The van der Waals surface area contributed by atoms with Crippen LogP contribution in [0.2, 0.25) is 0 Å². The lowest BCUT2D eigenvalue weighted by Crippen LogP contribution is -2.13. The molecule has 1 aliphatic carbocycles. The fraction of sp³-hybridized carbons (Fsp3) is 0.409. The van der Waals surface area contributed by atoms with Gasteiger partial charge in [-0.25, -0.2) is 0 Å². The van der Waals surface area contributed by atoms with Gasteiger partial charge in [0.1, 0.15) is 0 Å². The van der Waals surface area contributed by atoms with Gasteiger partial charge in [-0.15, -0.1) is 11.8 Å². The number of pyridine rings is 1. The van der Waals surface area contributed by atoms with E-state index in [-0.39, 0.29) is 5.56 Å². The first kappa shape index (κ1) is 17.6. The average Bonchev–Trinajstić information content (AvgIpc) is 3.37. The fourth-order valence-corrected chi connectivity index (χ4v) is 3.97. The van der Waals surface area contributed by atoms with Gasteiger partial charge >= 0.3 is 0 Å². The van der Waals surface area contributed by atoms with Crippen molar-refractivity contribution in [1.82, 2.24) is 4.98 Å². The molecule has 2 aromatic rings. The van der Waals surface area contributed by atoms with Gasteiger partial charge in [0.25, 0.3) is 5.56 Å². The highest BCUT2D eigenvalue weighted by Gasteiger charge is 2.26. The van der Waals surface area contributed by atoms with Gasteiger partial charge in [-0.2, -0.15) is 0 Å². The van der Waals surface area contributed by atoms with Crippen LogP contribution in [0.15, 0.2) is 52.2 Å². The van der Waals surface area contributed by atoms with Crippen molar-refractivity contribution in [1.29, 1.82) is 0 Å². The fourth-order valence-electron chi connectivity index (χ4n) is 3.57. The Morgan fingerprint density at radius 2 is 2.00 bits per heavy atom. The van der Waals surface area contributed by atoms with E-state index in [0.717, 1.165) is 61.3 Å². The molecule has 0 spiro atoms. The van der Waals surface area contributed by atoms with Crippen molar-refractivity contribution in [3.05, 3.63) is 69.6 Å². The Labute approximate surface area is 158 Å². The maximum atomic E-state index is 12.5. The van der Waals surface area contributed by atoms with Gasteiger partial charge in [0.15, 0.2) is 0 Å². The summed E-state index contributed by atoms with van der Waals surface area (Å²) in [4.78, 5) is 16.9. The molecule has 0 bridgehead atoms. The van der Waals surface area contributed by atoms with E-state index in [0.29, 0.717) is 11.8 Å². The molecule has 1 saturated heterocycles. The van der Waals surface area contributed by atoms with Crippen molar-refractivity contribution in [3.8, 4) is 0 Å². The van der Waals surface area contributed by atoms with Crippen LogP contribution in [0.25, 0.3) is 5.57 Å². The third-order valence-corrected chi connectivity index (χ3v) is 6.07. The second-order valence-electron chi connectivity index (χ2n) is 7.24. The predicted molar refractivity (Wildman–Crippen MR) is 108 cm³/mol. The Hall–Kier alpha value is -1.78. The first-order valence-electron chi connectivity index (χ1n) is 9.40. The molecule has 1 aliphatic heterocycles. The number of thioether (sulfide) groups is 1. The molecular formula is C22H25NO2S. The van der Waals surface area contributed by atoms with E-state index in [9.17, 15) is 4.79 Å². The summed E-state index contributed by atoms with van der Waals surface area (Å²) in [5, 5.41) is 0. The number of aromatic amines is 1. The van der Waals surface area contributed by atoms with E-state index < -0.39 is 0 Å². The summed E-state index contributed by atoms with van der Waals surface area (Å²) in [6.07, 6.45) is 8.74. The standard InChI is InChI=1S/C22H25NO2S/c1-26-18-7-5-16(6-8-18)19(9-2-15-12-13-25-14-15)21-11-10-20(17-3-4-17)22(24)23-21/h5-11,15,17H,2-4,12-14H2,1H3,(H,23,24)/b19-9+. The van der Waals surface area contributed by atoms with E-state index in [1.807, 2.05) is 6.07 Å². The maximum absolute atomic E-state index is 12.5. The number of allylic oxidation sites excluding steroid dienone is 1. The first-order chi connectivity index (χ1) is 12.7. The van der Waals surface area contributed by atoms with Crippen molar-refractivity contribution >= 4 is 17.3 Å². The van der Waals surface area contributed by atoms with Crippen LogP contribution in [0, 0.1) is 5.92 Å². The Balaban J connectivity index is 1.67. The molecule has 1 aromatic carbocycles. The Bertz CT molecular complexity index is 843. The van der Waals surface area contributed by atoms with E-state index in [1.165, 1.54) is 4.90 Å². The molecule has 2 aliphatic rings. The Morgan fingerprint density at radius 1 is 1.19 bits per heavy atom.